The molecule has 0 bridgehead atoms. The Balaban J connectivity index is 1.67. The van der Waals surface area contributed by atoms with Crippen LogP contribution in [-0.4, -0.2) is 21.6 Å². The van der Waals surface area contributed by atoms with Gasteiger partial charge >= 0.3 is 6.18 Å². The smallest absolute Gasteiger partial charge is 0.325 e. The molecule has 2 N–H and O–H groups in total. The molecule has 25 heavy (non-hydrogen) atoms. The quantitative estimate of drug-likeness (QED) is 0.622. The number of carbonyl (C=O) groups excluding carboxylic acids is 1. The molecule has 0 aliphatic carbocycles. The van der Waals surface area contributed by atoms with Crippen molar-refractivity contribution in [3.8, 4) is 0 Å². The highest BCUT2D eigenvalue weighted by Gasteiger charge is 2.33. The van der Waals surface area contributed by atoms with Gasteiger partial charge in [0.2, 0.25) is 5.91 Å². The van der Waals surface area contributed by atoms with Crippen molar-refractivity contribution in [3.05, 3.63) is 51.4 Å². The SMILES string of the molecule is O=C(CSc1nc2c(c(=O)[nH]1)CSC2)Nc1ccccc1C(F)(F)F. The monoisotopic (exact) mass is 387 g/mol. The number of para-hydroxylation sites is 1. The van der Waals surface area contributed by atoms with E-state index >= 15 is 0 Å². The number of nitrogens with zero attached hydrogens (tertiary/aromatic N) is 1. The lowest BCUT2D eigenvalue weighted by molar-refractivity contribution is -0.137. The third-order valence-corrected chi connectivity index (χ3v) is 5.25. The normalized spacial score (nSPS) is 13.6. The molecule has 0 atom stereocenters. The van der Waals surface area contributed by atoms with Crippen LogP contribution in [0.5, 0.6) is 0 Å². The largest absolute Gasteiger partial charge is 0.418 e. The zero-order chi connectivity index (χ0) is 18.0. The van der Waals surface area contributed by atoms with E-state index in [0.717, 1.165) is 17.8 Å². The number of anilines is 1. The highest BCUT2D eigenvalue weighted by molar-refractivity contribution is 7.99. The topological polar surface area (TPSA) is 74.8 Å². The van der Waals surface area contributed by atoms with E-state index in [1.54, 1.807) is 11.8 Å². The third-order valence-electron chi connectivity index (χ3n) is 3.41. The van der Waals surface area contributed by atoms with Gasteiger partial charge in [0.15, 0.2) is 5.16 Å². The Morgan fingerprint density at radius 3 is 2.84 bits per heavy atom. The predicted molar refractivity (Wildman–Crippen MR) is 90.7 cm³/mol. The molecular weight excluding hydrogens is 375 g/mol. The van der Waals surface area contributed by atoms with E-state index in [0.29, 0.717) is 22.8 Å². The maximum Gasteiger partial charge on any atom is 0.418 e. The number of aromatic nitrogens is 2. The van der Waals surface area contributed by atoms with Gasteiger partial charge in [-0.25, -0.2) is 4.98 Å². The first-order chi connectivity index (χ1) is 11.8. The molecule has 0 unspecified atom stereocenters. The van der Waals surface area contributed by atoms with E-state index in [9.17, 15) is 22.8 Å². The number of H-pyrrole nitrogens is 1. The molecule has 0 saturated carbocycles. The van der Waals surface area contributed by atoms with Gasteiger partial charge in [-0.2, -0.15) is 24.9 Å². The minimum Gasteiger partial charge on any atom is -0.325 e. The first kappa shape index (κ1) is 17.9. The summed E-state index contributed by atoms with van der Waals surface area (Å²) >= 11 is 2.55. The van der Waals surface area contributed by atoms with Gasteiger partial charge in [-0.05, 0) is 12.1 Å². The second-order valence-electron chi connectivity index (χ2n) is 5.17. The van der Waals surface area contributed by atoms with Crippen molar-refractivity contribution in [2.24, 2.45) is 0 Å². The summed E-state index contributed by atoms with van der Waals surface area (Å²) in [6.45, 7) is 0. The Bertz CT molecular complexity index is 868. The molecule has 3 rings (SSSR count). The number of benzene rings is 1. The molecule has 1 aliphatic rings. The Morgan fingerprint density at radius 2 is 2.08 bits per heavy atom. The zero-order valence-electron chi connectivity index (χ0n) is 12.6. The fraction of sp³-hybridized carbons (Fsp3) is 0.267. The lowest BCUT2D eigenvalue weighted by Gasteiger charge is -2.13. The van der Waals surface area contributed by atoms with Crippen LogP contribution in [0.2, 0.25) is 0 Å². The number of rotatable bonds is 4. The predicted octanol–water partition coefficient (Wildman–Crippen LogP) is 3.27. The molecule has 1 amide bonds. The van der Waals surface area contributed by atoms with E-state index in [-0.39, 0.29) is 22.2 Å². The van der Waals surface area contributed by atoms with Gasteiger partial charge in [0.1, 0.15) is 0 Å². The van der Waals surface area contributed by atoms with Crippen LogP contribution in [0.1, 0.15) is 16.8 Å². The van der Waals surface area contributed by atoms with Crippen molar-refractivity contribution < 1.29 is 18.0 Å². The summed E-state index contributed by atoms with van der Waals surface area (Å²) in [5.41, 5.74) is -0.112. The summed E-state index contributed by atoms with van der Waals surface area (Å²) in [4.78, 5) is 30.7. The van der Waals surface area contributed by atoms with Crippen molar-refractivity contribution in [2.45, 2.75) is 22.8 Å². The summed E-state index contributed by atoms with van der Waals surface area (Å²) in [6, 6.07) is 4.76. The van der Waals surface area contributed by atoms with Gasteiger partial charge in [-0.15, -0.1) is 0 Å². The molecule has 0 fully saturated rings. The van der Waals surface area contributed by atoms with Gasteiger partial charge in [-0.3, -0.25) is 9.59 Å². The van der Waals surface area contributed by atoms with E-state index < -0.39 is 17.6 Å². The van der Waals surface area contributed by atoms with E-state index in [1.165, 1.54) is 18.2 Å². The molecule has 1 aliphatic heterocycles. The number of aromatic amines is 1. The summed E-state index contributed by atoms with van der Waals surface area (Å²) in [5.74, 6) is 0.468. The van der Waals surface area contributed by atoms with E-state index in [1.807, 2.05) is 0 Å². The molecule has 1 aromatic carbocycles. The maximum atomic E-state index is 12.9. The fourth-order valence-corrected chi connectivity index (χ4v) is 3.98. The van der Waals surface area contributed by atoms with Gasteiger partial charge in [0.25, 0.3) is 5.56 Å². The molecule has 2 heterocycles. The Labute approximate surface area is 148 Å². The molecule has 0 radical (unpaired) electrons. The maximum absolute atomic E-state index is 12.9. The molecule has 1 aromatic heterocycles. The molecule has 10 heteroatoms. The van der Waals surface area contributed by atoms with Gasteiger partial charge < -0.3 is 10.3 Å². The van der Waals surface area contributed by atoms with Crippen molar-refractivity contribution in [2.75, 3.05) is 11.1 Å². The van der Waals surface area contributed by atoms with Crippen molar-refractivity contribution in [3.63, 3.8) is 0 Å². The van der Waals surface area contributed by atoms with Gasteiger partial charge in [0.05, 0.1) is 22.7 Å². The average molecular weight is 387 g/mol. The van der Waals surface area contributed by atoms with Crippen LogP contribution in [0.3, 0.4) is 0 Å². The Hall–Kier alpha value is -1.94. The number of halogens is 3. The number of alkyl halides is 3. The van der Waals surface area contributed by atoms with Crippen LogP contribution >= 0.6 is 23.5 Å². The number of carbonyl (C=O) groups is 1. The second-order valence-corrected chi connectivity index (χ2v) is 7.12. The van der Waals surface area contributed by atoms with Crippen molar-refractivity contribution >= 4 is 35.1 Å². The minimum atomic E-state index is -4.55. The molecule has 0 spiro atoms. The molecular formula is C15H12F3N3O2S2. The molecule has 0 saturated heterocycles. The van der Waals surface area contributed by atoms with Crippen LogP contribution in [-0.2, 0) is 22.5 Å². The molecule has 2 aromatic rings. The zero-order valence-corrected chi connectivity index (χ0v) is 14.3. The third kappa shape index (κ3) is 4.18. The minimum absolute atomic E-state index is 0.166. The first-order valence-corrected chi connectivity index (χ1v) is 9.27. The lowest BCUT2D eigenvalue weighted by atomic mass is 10.1. The van der Waals surface area contributed by atoms with E-state index in [2.05, 4.69) is 15.3 Å². The highest BCUT2D eigenvalue weighted by Crippen LogP contribution is 2.34. The summed E-state index contributed by atoms with van der Waals surface area (Å²) in [7, 11) is 0. The van der Waals surface area contributed by atoms with Crippen LogP contribution in [0.25, 0.3) is 0 Å². The number of amides is 1. The summed E-state index contributed by atoms with van der Waals surface area (Å²) < 4.78 is 38.7. The number of nitrogens with one attached hydrogen (secondary N) is 2. The lowest BCUT2D eigenvalue weighted by Crippen LogP contribution is -2.19. The number of hydrogen-bond donors (Lipinski definition) is 2. The summed E-state index contributed by atoms with van der Waals surface area (Å²) in [5, 5.41) is 2.53. The number of fused-ring (bicyclic) bond motifs is 1. The Kier molecular flexibility index (Phi) is 5.09. The van der Waals surface area contributed by atoms with Crippen molar-refractivity contribution in [1.29, 1.82) is 0 Å². The molecule has 5 nitrogen and oxygen atoms in total. The highest BCUT2D eigenvalue weighted by atomic mass is 32.2. The first-order valence-electron chi connectivity index (χ1n) is 7.13. The van der Waals surface area contributed by atoms with Crippen LogP contribution in [0.15, 0.2) is 34.2 Å². The molecule has 132 valence electrons. The number of thioether (sulfide) groups is 2. The standard InChI is InChI=1S/C15H12F3N3O2S2/c16-15(17,18)9-3-1-2-4-10(9)19-12(22)7-25-14-20-11-6-24-5-8(11)13(23)21-14/h1-4H,5-7H2,(H,19,22)(H,20,21,23). The van der Waals surface area contributed by atoms with Crippen LogP contribution in [0.4, 0.5) is 18.9 Å². The fourth-order valence-electron chi connectivity index (χ4n) is 2.27. The average Bonchev–Trinajstić information content (AvgIpc) is 3.01. The van der Waals surface area contributed by atoms with Crippen LogP contribution in [0, 0.1) is 0 Å². The number of hydrogen-bond acceptors (Lipinski definition) is 5. The second kappa shape index (κ2) is 7.12. The summed E-state index contributed by atoms with van der Waals surface area (Å²) in [6.07, 6.45) is -4.55. The van der Waals surface area contributed by atoms with E-state index in [4.69, 9.17) is 0 Å². The van der Waals surface area contributed by atoms with Crippen molar-refractivity contribution in [1.82, 2.24) is 9.97 Å². The van der Waals surface area contributed by atoms with Gasteiger partial charge in [-0.1, -0.05) is 23.9 Å². The van der Waals surface area contributed by atoms with Crippen LogP contribution < -0.4 is 10.9 Å². The van der Waals surface area contributed by atoms with Gasteiger partial charge in [0, 0.05) is 17.1 Å². The Morgan fingerprint density at radius 1 is 1.32 bits per heavy atom.